The van der Waals surface area contributed by atoms with E-state index in [1.165, 1.54) is 19.3 Å². The fraction of sp³-hybridized carbons (Fsp3) is 0.625. The fourth-order valence-corrected chi connectivity index (χ4v) is 3.06. The SMILES string of the molecule is CCC(C)C1CCC(O)(c2ccccc2)CC1. The summed E-state index contributed by atoms with van der Waals surface area (Å²) in [6.45, 7) is 4.61. The molecular weight excluding hydrogens is 208 g/mol. The van der Waals surface area contributed by atoms with E-state index in [4.69, 9.17) is 0 Å². The molecule has 0 aliphatic heterocycles. The summed E-state index contributed by atoms with van der Waals surface area (Å²) < 4.78 is 0. The summed E-state index contributed by atoms with van der Waals surface area (Å²) in [5.74, 6) is 1.61. The van der Waals surface area contributed by atoms with Crippen LogP contribution in [0.25, 0.3) is 0 Å². The maximum atomic E-state index is 10.7. The molecule has 1 nitrogen and oxygen atoms in total. The van der Waals surface area contributed by atoms with Crippen molar-refractivity contribution in [3.63, 3.8) is 0 Å². The van der Waals surface area contributed by atoms with Crippen LogP contribution in [0.15, 0.2) is 30.3 Å². The van der Waals surface area contributed by atoms with Crippen LogP contribution in [-0.2, 0) is 5.60 Å². The molecule has 1 aromatic carbocycles. The highest BCUT2D eigenvalue weighted by molar-refractivity contribution is 5.22. The molecule has 0 heterocycles. The zero-order valence-electron chi connectivity index (χ0n) is 11.0. The summed E-state index contributed by atoms with van der Waals surface area (Å²) in [4.78, 5) is 0. The Morgan fingerprint density at radius 2 is 1.82 bits per heavy atom. The summed E-state index contributed by atoms with van der Waals surface area (Å²) in [6, 6.07) is 10.2. The first-order chi connectivity index (χ1) is 8.15. The minimum atomic E-state index is -0.564. The molecule has 17 heavy (non-hydrogen) atoms. The highest BCUT2D eigenvalue weighted by atomic mass is 16.3. The molecule has 0 aromatic heterocycles. The van der Waals surface area contributed by atoms with Crippen LogP contribution < -0.4 is 0 Å². The highest BCUT2D eigenvalue weighted by Gasteiger charge is 2.35. The van der Waals surface area contributed by atoms with Crippen molar-refractivity contribution in [3.8, 4) is 0 Å². The standard InChI is InChI=1S/C16H24O/c1-3-13(2)14-9-11-16(17,12-10-14)15-7-5-4-6-8-15/h4-8,13-14,17H,3,9-12H2,1-2H3. The molecule has 1 N–H and O–H groups in total. The van der Waals surface area contributed by atoms with Gasteiger partial charge in [-0.05, 0) is 43.1 Å². The predicted molar refractivity (Wildman–Crippen MR) is 71.8 cm³/mol. The van der Waals surface area contributed by atoms with Crippen LogP contribution in [0.3, 0.4) is 0 Å². The van der Waals surface area contributed by atoms with Crippen LogP contribution in [0.4, 0.5) is 0 Å². The maximum Gasteiger partial charge on any atom is 0.0896 e. The first-order valence-electron chi connectivity index (χ1n) is 6.93. The van der Waals surface area contributed by atoms with Crippen molar-refractivity contribution in [3.05, 3.63) is 35.9 Å². The Hall–Kier alpha value is -0.820. The molecule has 0 bridgehead atoms. The third kappa shape index (κ3) is 2.71. The minimum Gasteiger partial charge on any atom is -0.385 e. The van der Waals surface area contributed by atoms with Gasteiger partial charge in [-0.1, -0.05) is 50.6 Å². The van der Waals surface area contributed by atoms with Crippen LogP contribution >= 0.6 is 0 Å². The lowest BCUT2D eigenvalue weighted by Crippen LogP contribution is -2.33. The number of hydrogen-bond donors (Lipinski definition) is 1. The Balaban J connectivity index is 2.03. The monoisotopic (exact) mass is 232 g/mol. The molecule has 1 aliphatic carbocycles. The summed E-state index contributed by atoms with van der Waals surface area (Å²) in [5.41, 5.74) is 0.535. The minimum absolute atomic E-state index is 0.564. The molecule has 1 heteroatoms. The van der Waals surface area contributed by atoms with Crippen LogP contribution in [-0.4, -0.2) is 5.11 Å². The normalized spacial score (nSPS) is 31.1. The Bertz CT molecular complexity index is 336. The van der Waals surface area contributed by atoms with Crippen LogP contribution in [0, 0.1) is 11.8 Å². The smallest absolute Gasteiger partial charge is 0.0896 e. The Labute approximate surface area is 105 Å². The van der Waals surface area contributed by atoms with Gasteiger partial charge in [-0.2, -0.15) is 0 Å². The second-order valence-corrected chi connectivity index (χ2v) is 5.62. The Kier molecular flexibility index (Phi) is 3.88. The van der Waals surface area contributed by atoms with E-state index in [9.17, 15) is 5.11 Å². The Morgan fingerprint density at radius 3 is 2.35 bits per heavy atom. The molecule has 1 aliphatic rings. The third-order valence-electron chi connectivity index (χ3n) is 4.62. The van der Waals surface area contributed by atoms with E-state index in [0.29, 0.717) is 0 Å². The zero-order valence-corrected chi connectivity index (χ0v) is 11.0. The zero-order chi connectivity index (χ0) is 12.3. The average molecular weight is 232 g/mol. The van der Waals surface area contributed by atoms with Crippen molar-refractivity contribution in [2.24, 2.45) is 11.8 Å². The number of aliphatic hydroxyl groups is 1. The van der Waals surface area contributed by atoms with Crippen molar-refractivity contribution in [2.75, 3.05) is 0 Å². The van der Waals surface area contributed by atoms with E-state index in [1.54, 1.807) is 0 Å². The molecule has 1 saturated carbocycles. The molecule has 94 valence electrons. The molecule has 1 unspecified atom stereocenters. The molecule has 0 radical (unpaired) electrons. The number of hydrogen-bond acceptors (Lipinski definition) is 1. The highest BCUT2D eigenvalue weighted by Crippen LogP contribution is 2.42. The van der Waals surface area contributed by atoms with Crippen LogP contribution in [0.2, 0.25) is 0 Å². The number of benzene rings is 1. The van der Waals surface area contributed by atoms with Gasteiger partial charge in [-0.25, -0.2) is 0 Å². The van der Waals surface area contributed by atoms with E-state index in [2.05, 4.69) is 26.0 Å². The van der Waals surface area contributed by atoms with Gasteiger partial charge in [-0.15, -0.1) is 0 Å². The van der Waals surface area contributed by atoms with E-state index in [1.807, 2.05) is 18.2 Å². The predicted octanol–water partition coefficient (Wildman–Crippen LogP) is 4.11. The first kappa shape index (κ1) is 12.6. The molecule has 0 saturated heterocycles. The summed E-state index contributed by atoms with van der Waals surface area (Å²) in [5, 5.41) is 10.7. The Morgan fingerprint density at radius 1 is 1.24 bits per heavy atom. The fourth-order valence-electron chi connectivity index (χ4n) is 3.06. The second kappa shape index (κ2) is 5.22. The van der Waals surface area contributed by atoms with Gasteiger partial charge in [-0.3, -0.25) is 0 Å². The van der Waals surface area contributed by atoms with Gasteiger partial charge in [0.15, 0.2) is 0 Å². The van der Waals surface area contributed by atoms with Gasteiger partial charge in [0.2, 0.25) is 0 Å². The summed E-state index contributed by atoms with van der Waals surface area (Å²) in [6.07, 6.45) is 5.44. The van der Waals surface area contributed by atoms with Crippen LogP contribution in [0.1, 0.15) is 51.5 Å². The lowest BCUT2D eigenvalue weighted by Gasteiger charge is -2.38. The number of rotatable bonds is 3. The second-order valence-electron chi connectivity index (χ2n) is 5.62. The first-order valence-corrected chi connectivity index (χ1v) is 6.93. The van der Waals surface area contributed by atoms with Crippen molar-refractivity contribution >= 4 is 0 Å². The summed E-state index contributed by atoms with van der Waals surface area (Å²) >= 11 is 0. The van der Waals surface area contributed by atoms with Gasteiger partial charge < -0.3 is 5.11 Å². The lowest BCUT2D eigenvalue weighted by molar-refractivity contribution is -0.0212. The van der Waals surface area contributed by atoms with E-state index in [0.717, 1.165) is 30.2 Å². The van der Waals surface area contributed by atoms with E-state index in [-0.39, 0.29) is 0 Å². The van der Waals surface area contributed by atoms with Crippen LogP contribution in [0.5, 0.6) is 0 Å². The van der Waals surface area contributed by atoms with Crippen molar-refractivity contribution in [1.82, 2.24) is 0 Å². The largest absolute Gasteiger partial charge is 0.385 e. The van der Waals surface area contributed by atoms with E-state index >= 15 is 0 Å². The van der Waals surface area contributed by atoms with Crippen molar-refractivity contribution in [1.29, 1.82) is 0 Å². The van der Waals surface area contributed by atoms with Gasteiger partial charge in [0, 0.05) is 0 Å². The van der Waals surface area contributed by atoms with Crippen molar-refractivity contribution in [2.45, 2.75) is 51.6 Å². The van der Waals surface area contributed by atoms with E-state index < -0.39 is 5.60 Å². The molecule has 1 atom stereocenters. The molecule has 2 rings (SSSR count). The topological polar surface area (TPSA) is 20.2 Å². The van der Waals surface area contributed by atoms with Gasteiger partial charge in [0.05, 0.1) is 5.60 Å². The quantitative estimate of drug-likeness (QED) is 0.831. The summed E-state index contributed by atoms with van der Waals surface area (Å²) in [7, 11) is 0. The van der Waals surface area contributed by atoms with Gasteiger partial charge >= 0.3 is 0 Å². The average Bonchev–Trinajstić information content (AvgIpc) is 2.40. The van der Waals surface area contributed by atoms with Gasteiger partial charge in [0.1, 0.15) is 0 Å². The molecule has 0 amide bonds. The van der Waals surface area contributed by atoms with Gasteiger partial charge in [0.25, 0.3) is 0 Å². The third-order valence-corrected chi connectivity index (χ3v) is 4.62. The lowest BCUT2D eigenvalue weighted by atomic mass is 9.71. The molecular formula is C16H24O. The molecule has 1 fully saturated rings. The maximum absolute atomic E-state index is 10.7. The molecule has 1 aromatic rings. The molecule has 0 spiro atoms. The van der Waals surface area contributed by atoms with Crippen molar-refractivity contribution < 1.29 is 5.11 Å².